The minimum Gasteiger partial charge on any atom is -0.398 e. The summed E-state index contributed by atoms with van der Waals surface area (Å²) in [5.74, 6) is 0. The Kier molecular flexibility index (Phi) is 2.79. The highest BCUT2D eigenvalue weighted by Gasteiger charge is 2.25. The van der Waals surface area contributed by atoms with E-state index < -0.39 is 0 Å². The van der Waals surface area contributed by atoms with Gasteiger partial charge in [0.25, 0.3) is 0 Å². The summed E-state index contributed by atoms with van der Waals surface area (Å²) in [7, 11) is 1.79. The number of nitrogens with two attached hydrogens (primary N) is 1. The average molecular weight is 232 g/mol. The largest absolute Gasteiger partial charge is 0.398 e. The van der Waals surface area contributed by atoms with Crippen molar-refractivity contribution in [2.75, 3.05) is 12.8 Å². The van der Waals surface area contributed by atoms with Crippen molar-refractivity contribution in [3.05, 3.63) is 22.5 Å². The lowest BCUT2D eigenvalue weighted by Crippen LogP contribution is -2.25. The number of fused-ring (bicyclic) bond motifs is 2. The second-order valence-electron chi connectivity index (χ2n) is 5.18. The van der Waals surface area contributed by atoms with Crippen molar-refractivity contribution in [1.29, 1.82) is 0 Å². The molecule has 0 fully saturated rings. The van der Waals surface area contributed by atoms with Crippen LogP contribution in [0, 0.1) is 0 Å². The summed E-state index contributed by atoms with van der Waals surface area (Å²) in [5, 5.41) is 0. The lowest BCUT2D eigenvalue weighted by molar-refractivity contribution is 0.0906. The van der Waals surface area contributed by atoms with Gasteiger partial charge in [-0.2, -0.15) is 0 Å². The summed E-state index contributed by atoms with van der Waals surface area (Å²) >= 11 is 0. The van der Waals surface area contributed by atoms with Crippen LogP contribution in [0.1, 0.15) is 41.8 Å². The van der Waals surface area contributed by atoms with Crippen LogP contribution >= 0.6 is 0 Å². The van der Waals surface area contributed by atoms with Gasteiger partial charge in [-0.3, -0.25) is 4.98 Å². The van der Waals surface area contributed by atoms with E-state index in [0.29, 0.717) is 6.10 Å². The van der Waals surface area contributed by atoms with E-state index in [1.54, 1.807) is 7.11 Å². The van der Waals surface area contributed by atoms with E-state index >= 15 is 0 Å². The number of nitrogens with zero attached hydrogens (tertiary/aromatic N) is 1. The van der Waals surface area contributed by atoms with Crippen LogP contribution in [0.3, 0.4) is 0 Å². The monoisotopic (exact) mass is 232 g/mol. The highest BCUT2D eigenvalue weighted by molar-refractivity contribution is 5.58. The summed E-state index contributed by atoms with van der Waals surface area (Å²) in [6.07, 6.45) is 8.11. The van der Waals surface area contributed by atoms with Crippen LogP contribution in [0.25, 0.3) is 0 Å². The summed E-state index contributed by atoms with van der Waals surface area (Å²) in [4.78, 5) is 4.85. The Hall–Kier alpha value is -1.09. The van der Waals surface area contributed by atoms with E-state index in [1.807, 2.05) is 0 Å². The SMILES string of the molecule is COC1CCc2nc3c(c(N)c2C1)CCCC3. The van der Waals surface area contributed by atoms with Crippen molar-refractivity contribution in [2.45, 2.75) is 51.0 Å². The van der Waals surface area contributed by atoms with E-state index in [2.05, 4.69) is 0 Å². The van der Waals surface area contributed by atoms with Crippen LogP contribution < -0.4 is 5.73 Å². The molecule has 0 bridgehead atoms. The number of ether oxygens (including phenoxy) is 1. The quantitative estimate of drug-likeness (QED) is 0.806. The fourth-order valence-electron chi connectivity index (χ4n) is 3.13. The van der Waals surface area contributed by atoms with Crippen molar-refractivity contribution in [1.82, 2.24) is 4.98 Å². The van der Waals surface area contributed by atoms with Crippen LogP contribution in [-0.2, 0) is 30.4 Å². The van der Waals surface area contributed by atoms with Crippen molar-refractivity contribution in [2.24, 2.45) is 0 Å². The molecule has 3 heteroatoms. The van der Waals surface area contributed by atoms with Gasteiger partial charge >= 0.3 is 0 Å². The van der Waals surface area contributed by atoms with Crippen LogP contribution in [0.15, 0.2) is 0 Å². The molecule has 17 heavy (non-hydrogen) atoms. The third-order valence-corrected chi connectivity index (χ3v) is 4.18. The van der Waals surface area contributed by atoms with Crippen LogP contribution in [0.5, 0.6) is 0 Å². The first-order chi connectivity index (χ1) is 8.29. The van der Waals surface area contributed by atoms with Gasteiger partial charge in [-0.25, -0.2) is 0 Å². The molecule has 0 saturated heterocycles. The van der Waals surface area contributed by atoms with E-state index in [-0.39, 0.29) is 0 Å². The number of pyridine rings is 1. The summed E-state index contributed by atoms with van der Waals surface area (Å²) in [6, 6.07) is 0. The standard InChI is InChI=1S/C14H20N2O/c1-17-9-6-7-13-11(8-9)14(15)10-4-2-3-5-12(10)16-13/h9H,2-8H2,1H3,(H2,15,16). The molecule has 1 aromatic rings. The molecule has 1 unspecified atom stereocenters. The number of aromatic nitrogens is 1. The summed E-state index contributed by atoms with van der Waals surface area (Å²) < 4.78 is 5.46. The van der Waals surface area contributed by atoms with Crippen molar-refractivity contribution < 1.29 is 4.74 Å². The molecule has 2 aliphatic carbocycles. The van der Waals surface area contributed by atoms with Gasteiger partial charge in [-0.05, 0) is 49.7 Å². The Labute approximate surface area is 102 Å². The molecule has 2 N–H and O–H groups in total. The molecule has 2 aliphatic rings. The maximum absolute atomic E-state index is 6.35. The van der Waals surface area contributed by atoms with Gasteiger partial charge in [-0.15, -0.1) is 0 Å². The van der Waals surface area contributed by atoms with E-state index in [0.717, 1.165) is 37.8 Å². The van der Waals surface area contributed by atoms with Gasteiger partial charge in [0.2, 0.25) is 0 Å². The molecule has 1 aromatic heterocycles. The molecule has 0 aromatic carbocycles. The molecule has 0 saturated carbocycles. The zero-order valence-electron chi connectivity index (χ0n) is 10.5. The lowest BCUT2D eigenvalue weighted by Gasteiger charge is -2.28. The molecule has 0 radical (unpaired) electrons. The third-order valence-electron chi connectivity index (χ3n) is 4.18. The number of hydrogen-bond acceptors (Lipinski definition) is 3. The highest BCUT2D eigenvalue weighted by atomic mass is 16.5. The second-order valence-corrected chi connectivity index (χ2v) is 5.18. The molecule has 3 rings (SSSR count). The first-order valence-corrected chi connectivity index (χ1v) is 6.61. The van der Waals surface area contributed by atoms with Crippen molar-refractivity contribution >= 4 is 5.69 Å². The topological polar surface area (TPSA) is 48.1 Å². The molecule has 92 valence electrons. The average Bonchev–Trinajstić information content (AvgIpc) is 2.39. The number of nitrogen functional groups attached to an aromatic ring is 1. The molecule has 0 amide bonds. The number of aryl methyl sites for hydroxylation is 2. The minimum absolute atomic E-state index is 0.327. The minimum atomic E-state index is 0.327. The Morgan fingerprint density at radius 1 is 1.12 bits per heavy atom. The van der Waals surface area contributed by atoms with Gasteiger partial charge in [0.05, 0.1) is 6.10 Å². The van der Waals surface area contributed by atoms with Gasteiger partial charge in [0.1, 0.15) is 0 Å². The van der Waals surface area contributed by atoms with Gasteiger partial charge in [0, 0.05) is 30.6 Å². The maximum Gasteiger partial charge on any atom is 0.0616 e. The summed E-state index contributed by atoms with van der Waals surface area (Å²) in [5.41, 5.74) is 12.5. The van der Waals surface area contributed by atoms with Gasteiger partial charge < -0.3 is 10.5 Å². The molecule has 0 spiro atoms. The van der Waals surface area contributed by atoms with E-state index in [9.17, 15) is 0 Å². The maximum atomic E-state index is 6.35. The lowest BCUT2D eigenvalue weighted by atomic mass is 9.86. The first-order valence-electron chi connectivity index (χ1n) is 6.61. The van der Waals surface area contributed by atoms with Gasteiger partial charge in [-0.1, -0.05) is 0 Å². The van der Waals surface area contributed by atoms with E-state index in [1.165, 1.54) is 35.4 Å². The number of methoxy groups -OCH3 is 1. The zero-order chi connectivity index (χ0) is 11.8. The fraction of sp³-hybridized carbons (Fsp3) is 0.643. The number of hydrogen-bond donors (Lipinski definition) is 1. The molecule has 3 nitrogen and oxygen atoms in total. The van der Waals surface area contributed by atoms with Crippen LogP contribution in [-0.4, -0.2) is 18.2 Å². The van der Waals surface area contributed by atoms with Crippen LogP contribution in [0.4, 0.5) is 5.69 Å². The third kappa shape index (κ3) is 1.82. The summed E-state index contributed by atoms with van der Waals surface area (Å²) in [6.45, 7) is 0. The normalized spacial score (nSPS) is 23.0. The Balaban J connectivity index is 2.05. The Morgan fingerprint density at radius 3 is 2.71 bits per heavy atom. The Morgan fingerprint density at radius 2 is 1.88 bits per heavy atom. The van der Waals surface area contributed by atoms with Crippen molar-refractivity contribution in [3.8, 4) is 0 Å². The first kappa shape index (κ1) is 11.0. The number of rotatable bonds is 1. The second kappa shape index (κ2) is 4.30. The van der Waals surface area contributed by atoms with Crippen molar-refractivity contribution in [3.63, 3.8) is 0 Å². The molecule has 1 atom stereocenters. The van der Waals surface area contributed by atoms with E-state index in [4.69, 9.17) is 15.5 Å². The molecule has 1 heterocycles. The molecular weight excluding hydrogens is 212 g/mol. The molecular formula is C14H20N2O. The Bertz CT molecular complexity index is 442. The fourth-order valence-corrected chi connectivity index (χ4v) is 3.13. The van der Waals surface area contributed by atoms with Crippen LogP contribution in [0.2, 0.25) is 0 Å². The highest BCUT2D eigenvalue weighted by Crippen LogP contribution is 2.33. The number of anilines is 1. The molecule has 0 aliphatic heterocycles. The van der Waals surface area contributed by atoms with Gasteiger partial charge in [0.15, 0.2) is 0 Å². The predicted molar refractivity (Wildman–Crippen MR) is 68.1 cm³/mol. The predicted octanol–water partition coefficient (Wildman–Crippen LogP) is 2.05. The zero-order valence-corrected chi connectivity index (χ0v) is 10.5. The smallest absolute Gasteiger partial charge is 0.0616 e.